The van der Waals surface area contributed by atoms with Crippen molar-refractivity contribution in [1.82, 2.24) is 9.97 Å². The fourth-order valence-electron chi connectivity index (χ4n) is 0.729. The zero-order chi connectivity index (χ0) is 9.84. The molecule has 1 N–H and O–H groups in total. The van der Waals surface area contributed by atoms with Crippen LogP contribution in [0.5, 0.6) is 11.9 Å². The van der Waals surface area contributed by atoms with Crippen molar-refractivity contribution < 1.29 is 14.4 Å². The van der Waals surface area contributed by atoms with Crippen LogP contribution in [0.2, 0.25) is 0 Å². The van der Waals surface area contributed by atoms with Crippen LogP contribution in [0, 0.1) is 0 Å². The molecule has 5 nitrogen and oxygen atoms in total. The topological polar surface area (TPSA) is 64.5 Å². The van der Waals surface area contributed by atoms with Crippen LogP contribution in [-0.2, 0) is 0 Å². The van der Waals surface area contributed by atoms with Gasteiger partial charge in [-0.05, 0) is 15.9 Å². The molecule has 72 valence electrons. The molecule has 0 saturated carbocycles. The molecule has 13 heavy (non-hydrogen) atoms. The second kappa shape index (κ2) is 4.69. The first-order valence-corrected chi connectivity index (χ1v) is 5.02. The Kier molecular flexibility index (Phi) is 3.84. The average Bonchev–Trinajstić information content (AvgIpc) is 2.16. The van der Waals surface area contributed by atoms with E-state index in [0.717, 1.165) is 0 Å². The highest BCUT2D eigenvalue weighted by molar-refractivity contribution is 9.10. The molecule has 1 heterocycles. The summed E-state index contributed by atoms with van der Waals surface area (Å²) in [6, 6.07) is 0.200. The van der Waals surface area contributed by atoms with Crippen LogP contribution in [0.3, 0.4) is 0 Å². The molecule has 0 aliphatic heterocycles. The Morgan fingerprint density at radius 2 is 2.00 bits per heavy atom. The summed E-state index contributed by atoms with van der Waals surface area (Å²) in [6.45, 7) is 0. The zero-order valence-electron chi connectivity index (χ0n) is 7.04. The lowest BCUT2D eigenvalue weighted by molar-refractivity contribution is 0.353. The monoisotopic (exact) mass is 266 g/mol. The molecular formula is C6H8BrN2O3P. The van der Waals surface area contributed by atoms with Gasteiger partial charge in [0.1, 0.15) is 4.60 Å². The molecule has 0 spiro atoms. The van der Waals surface area contributed by atoms with Crippen LogP contribution < -0.4 is 14.8 Å². The maximum absolute atomic E-state index is 8.99. The van der Waals surface area contributed by atoms with Gasteiger partial charge in [0.25, 0.3) is 0 Å². The predicted octanol–water partition coefficient (Wildman–Crippen LogP) is 0.467. The normalized spacial score (nSPS) is 10.8. The highest BCUT2D eigenvalue weighted by Gasteiger charge is 2.12. The van der Waals surface area contributed by atoms with Crippen molar-refractivity contribution in [3.8, 4) is 11.9 Å². The summed E-state index contributed by atoms with van der Waals surface area (Å²) < 4.78 is 10.3. The zero-order valence-corrected chi connectivity index (χ0v) is 9.62. The van der Waals surface area contributed by atoms with Gasteiger partial charge in [-0.2, -0.15) is 9.97 Å². The molecule has 0 amide bonds. The molecule has 1 atom stereocenters. The first kappa shape index (κ1) is 10.6. The number of ether oxygens (including phenoxy) is 2. The number of methoxy groups -OCH3 is 2. The van der Waals surface area contributed by atoms with Gasteiger partial charge in [0.15, 0.2) is 0 Å². The average molecular weight is 267 g/mol. The Bertz CT molecular complexity index is 310. The van der Waals surface area contributed by atoms with Crippen molar-refractivity contribution >= 4 is 30.0 Å². The quantitative estimate of drug-likeness (QED) is 0.637. The molecule has 0 aliphatic carbocycles. The van der Waals surface area contributed by atoms with Crippen molar-refractivity contribution in [2.75, 3.05) is 14.2 Å². The first-order chi connectivity index (χ1) is 6.22. The number of hydrogen-bond acceptors (Lipinski definition) is 5. The van der Waals surface area contributed by atoms with E-state index < -0.39 is 8.81 Å². The highest BCUT2D eigenvalue weighted by atomic mass is 79.9. The molecule has 0 aliphatic rings. The molecule has 0 saturated heterocycles. The van der Waals surface area contributed by atoms with Crippen molar-refractivity contribution in [2.45, 2.75) is 0 Å². The molecule has 1 unspecified atom stereocenters. The second-order valence-corrected chi connectivity index (χ2v) is 3.47. The van der Waals surface area contributed by atoms with E-state index in [0.29, 0.717) is 15.8 Å². The number of nitrogens with zero attached hydrogens (tertiary/aromatic N) is 2. The van der Waals surface area contributed by atoms with Crippen LogP contribution >= 0.6 is 24.7 Å². The van der Waals surface area contributed by atoms with Gasteiger partial charge in [0.2, 0.25) is 5.88 Å². The first-order valence-electron chi connectivity index (χ1n) is 3.28. The van der Waals surface area contributed by atoms with Gasteiger partial charge in [-0.3, -0.25) is 0 Å². The number of halogens is 1. The largest absolute Gasteiger partial charge is 0.480 e. The SMILES string of the molecule is COc1nc(Br)c(PO)c(OC)n1. The van der Waals surface area contributed by atoms with E-state index in [2.05, 4.69) is 25.9 Å². The minimum atomic E-state index is -0.420. The summed E-state index contributed by atoms with van der Waals surface area (Å²) >= 11 is 3.18. The van der Waals surface area contributed by atoms with Crippen molar-refractivity contribution in [2.24, 2.45) is 0 Å². The van der Waals surface area contributed by atoms with E-state index in [9.17, 15) is 0 Å². The summed E-state index contributed by atoms with van der Waals surface area (Å²) in [4.78, 5) is 16.8. The van der Waals surface area contributed by atoms with Crippen LogP contribution in [0.4, 0.5) is 0 Å². The molecule has 7 heteroatoms. The Morgan fingerprint density at radius 1 is 1.31 bits per heavy atom. The summed E-state index contributed by atoms with van der Waals surface area (Å²) in [5, 5.41) is 0.531. The standard InChI is InChI=1S/C6H8BrN2O3P/c1-11-5-3(13-10)4(7)8-6(9-5)12-2/h10,13H,1-2H3. The molecular weight excluding hydrogens is 259 g/mol. The Balaban J connectivity index is 3.20. The Labute approximate surface area is 85.5 Å². The third kappa shape index (κ3) is 2.27. The van der Waals surface area contributed by atoms with Gasteiger partial charge in [0.05, 0.1) is 28.3 Å². The van der Waals surface area contributed by atoms with E-state index in [-0.39, 0.29) is 6.01 Å². The van der Waals surface area contributed by atoms with Gasteiger partial charge in [0, 0.05) is 0 Å². The lowest BCUT2D eigenvalue weighted by atomic mass is 10.6. The number of hydrogen-bond donors (Lipinski definition) is 1. The molecule has 0 bridgehead atoms. The van der Waals surface area contributed by atoms with Gasteiger partial charge >= 0.3 is 6.01 Å². The Morgan fingerprint density at radius 3 is 2.46 bits per heavy atom. The van der Waals surface area contributed by atoms with E-state index in [1.54, 1.807) is 0 Å². The maximum atomic E-state index is 8.99. The fourth-order valence-corrected chi connectivity index (χ4v) is 1.72. The third-order valence-corrected chi connectivity index (χ3v) is 2.91. The van der Waals surface area contributed by atoms with E-state index >= 15 is 0 Å². The summed E-state index contributed by atoms with van der Waals surface area (Å²) in [5.74, 6) is 0.319. The lowest BCUT2D eigenvalue weighted by Crippen LogP contribution is -2.09. The van der Waals surface area contributed by atoms with E-state index in [1.807, 2.05) is 0 Å². The van der Waals surface area contributed by atoms with Gasteiger partial charge in [-0.1, -0.05) is 0 Å². The van der Waals surface area contributed by atoms with Crippen LogP contribution in [0.15, 0.2) is 4.60 Å². The molecule has 1 aromatic rings. The highest BCUT2D eigenvalue weighted by Crippen LogP contribution is 2.22. The summed E-state index contributed by atoms with van der Waals surface area (Å²) in [7, 11) is 2.51. The van der Waals surface area contributed by atoms with Crippen LogP contribution in [-0.4, -0.2) is 29.1 Å². The molecule has 0 aromatic carbocycles. The minimum Gasteiger partial charge on any atom is -0.480 e. The smallest absolute Gasteiger partial charge is 0.320 e. The molecule has 1 rings (SSSR count). The van der Waals surface area contributed by atoms with Crippen molar-refractivity contribution in [1.29, 1.82) is 0 Å². The van der Waals surface area contributed by atoms with E-state index in [4.69, 9.17) is 14.4 Å². The fraction of sp³-hybridized carbons (Fsp3) is 0.333. The van der Waals surface area contributed by atoms with Crippen LogP contribution in [0.25, 0.3) is 0 Å². The Hall–Kier alpha value is -0.450. The molecule has 0 radical (unpaired) electrons. The third-order valence-electron chi connectivity index (χ3n) is 1.30. The van der Waals surface area contributed by atoms with E-state index in [1.165, 1.54) is 14.2 Å². The number of rotatable bonds is 3. The maximum Gasteiger partial charge on any atom is 0.320 e. The second-order valence-electron chi connectivity index (χ2n) is 2.00. The van der Waals surface area contributed by atoms with Gasteiger partial charge in [-0.15, -0.1) is 0 Å². The molecule has 0 fully saturated rings. The van der Waals surface area contributed by atoms with Crippen molar-refractivity contribution in [3.05, 3.63) is 4.60 Å². The van der Waals surface area contributed by atoms with Gasteiger partial charge < -0.3 is 14.4 Å². The molecule has 1 aromatic heterocycles. The predicted molar refractivity (Wildman–Crippen MR) is 53.0 cm³/mol. The van der Waals surface area contributed by atoms with Crippen LogP contribution in [0.1, 0.15) is 0 Å². The lowest BCUT2D eigenvalue weighted by Gasteiger charge is -2.07. The summed E-state index contributed by atoms with van der Waals surface area (Å²) in [6.07, 6.45) is 0. The number of aromatic nitrogens is 2. The van der Waals surface area contributed by atoms with Crippen molar-refractivity contribution in [3.63, 3.8) is 0 Å². The minimum absolute atomic E-state index is 0.200. The summed E-state index contributed by atoms with van der Waals surface area (Å²) in [5.41, 5.74) is 0. The van der Waals surface area contributed by atoms with Gasteiger partial charge in [-0.25, -0.2) is 0 Å².